The van der Waals surface area contributed by atoms with Gasteiger partial charge in [-0.2, -0.15) is 0 Å². The average Bonchev–Trinajstić information content (AvgIpc) is 2.71. The Morgan fingerprint density at radius 2 is 2.11 bits per heavy atom. The van der Waals surface area contributed by atoms with Crippen LogP contribution in [0.4, 0.5) is 0 Å². The summed E-state index contributed by atoms with van der Waals surface area (Å²) >= 11 is 7.81. The number of aliphatic hydroxyl groups is 1. The molecule has 0 amide bonds. The van der Waals surface area contributed by atoms with Gasteiger partial charge >= 0.3 is 0 Å². The Balaban J connectivity index is 0.00000180. The summed E-state index contributed by atoms with van der Waals surface area (Å²) in [5, 5.41) is 13.3. The molecule has 0 aliphatic heterocycles. The highest BCUT2D eigenvalue weighted by Crippen LogP contribution is 2.29. The first-order chi connectivity index (χ1) is 8.61. The number of aliphatic hydroxyl groups excluding tert-OH is 1. The first kappa shape index (κ1) is 16.7. The minimum Gasteiger partial charge on any atom is -0.395 e. The molecule has 0 spiro atoms. The Morgan fingerprint density at radius 1 is 1.37 bits per heavy atom. The normalized spacial score (nSPS) is 11.3. The van der Waals surface area contributed by atoms with Crippen LogP contribution in [-0.2, 0) is 6.54 Å². The summed E-state index contributed by atoms with van der Waals surface area (Å²) in [5.41, 5.74) is 1.29. The van der Waals surface area contributed by atoms with E-state index in [2.05, 4.69) is 30.2 Å². The lowest BCUT2D eigenvalue weighted by atomic mass is 10.1. The van der Waals surface area contributed by atoms with Crippen molar-refractivity contribution in [3.8, 4) is 0 Å². The summed E-state index contributed by atoms with van der Waals surface area (Å²) in [5.74, 6) is 0. The molecule has 1 N–H and O–H groups in total. The molecule has 2 rings (SSSR count). The third-order valence-electron chi connectivity index (χ3n) is 3.11. The topological polar surface area (TPSA) is 23.5 Å². The molecule has 19 heavy (non-hydrogen) atoms. The molecule has 106 valence electrons. The minimum absolute atomic E-state index is 0. The van der Waals surface area contributed by atoms with Gasteiger partial charge in [-0.25, -0.2) is 0 Å². The van der Waals surface area contributed by atoms with Crippen LogP contribution in [0.5, 0.6) is 0 Å². The fraction of sp³-hybridized carbons (Fsp3) is 0.429. The molecule has 1 heterocycles. The molecule has 0 radical (unpaired) electrons. The molecule has 0 saturated heterocycles. The molecule has 0 aliphatic carbocycles. The van der Waals surface area contributed by atoms with Crippen molar-refractivity contribution in [2.75, 3.05) is 13.2 Å². The van der Waals surface area contributed by atoms with Gasteiger partial charge in [0.1, 0.15) is 0 Å². The predicted molar refractivity (Wildman–Crippen MR) is 86.7 cm³/mol. The van der Waals surface area contributed by atoms with Crippen molar-refractivity contribution in [1.29, 1.82) is 0 Å². The van der Waals surface area contributed by atoms with E-state index in [1.165, 1.54) is 15.6 Å². The number of benzene rings is 1. The molecule has 1 aromatic heterocycles. The standard InChI is InChI=1S/C14H18ClNOS.ClH/c1-10(2)16(5-6-17)8-11-9-18-14-4-3-12(15)7-13(11)14;/h3-4,7,9-10,17H,5-6,8H2,1-2H3;1H. The van der Waals surface area contributed by atoms with Gasteiger partial charge in [-0.1, -0.05) is 11.6 Å². The fourth-order valence-corrected chi connectivity index (χ4v) is 3.15. The third kappa shape index (κ3) is 4.07. The van der Waals surface area contributed by atoms with E-state index in [0.29, 0.717) is 12.6 Å². The number of nitrogens with zero attached hydrogens (tertiary/aromatic N) is 1. The van der Waals surface area contributed by atoms with Gasteiger partial charge in [0.2, 0.25) is 0 Å². The van der Waals surface area contributed by atoms with E-state index in [0.717, 1.165) is 11.6 Å². The molecule has 2 nitrogen and oxygen atoms in total. The molecule has 5 heteroatoms. The highest BCUT2D eigenvalue weighted by atomic mass is 35.5. The van der Waals surface area contributed by atoms with Crippen LogP contribution in [0.2, 0.25) is 5.02 Å². The van der Waals surface area contributed by atoms with Gasteiger partial charge in [0, 0.05) is 28.9 Å². The van der Waals surface area contributed by atoms with E-state index in [1.54, 1.807) is 11.3 Å². The molecule has 0 fully saturated rings. The van der Waals surface area contributed by atoms with Crippen molar-refractivity contribution in [3.63, 3.8) is 0 Å². The summed E-state index contributed by atoms with van der Waals surface area (Å²) in [4.78, 5) is 2.27. The molecular formula is C14H19Cl2NOS. The van der Waals surface area contributed by atoms with Gasteiger partial charge < -0.3 is 5.11 Å². The maximum atomic E-state index is 9.11. The molecule has 1 aromatic carbocycles. The lowest BCUT2D eigenvalue weighted by Crippen LogP contribution is -2.32. The lowest BCUT2D eigenvalue weighted by Gasteiger charge is -2.25. The van der Waals surface area contributed by atoms with E-state index in [1.807, 2.05) is 12.1 Å². The first-order valence-electron chi connectivity index (χ1n) is 6.12. The Kier molecular flexibility index (Phi) is 6.57. The molecular weight excluding hydrogens is 301 g/mol. The molecule has 2 aromatic rings. The molecule has 0 aliphatic rings. The van der Waals surface area contributed by atoms with Gasteiger partial charge in [-0.3, -0.25) is 4.90 Å². The summed E-state index contributed by atoms with van der Waals surface area (Å²) in [6.07, 6.45) is 0. The number of rotatable bonds is 5. The molecule has 0 saturated carbocycles. The molecule has 0 atom stereocenters. The van der Waals surface area contributed by atoms with E-state index < -0.39 is 0 Å². The van der Waals surface area contributed by atoms with E-state index in [9.17, 15) is 0 Å². The Bertz CT molecular complexity index is 527. The van der Waals surface area contributed by atoms with Crippen LogP contribution in [0.15, 0.2) is 23.6 Å². The van der Waals surface area contributed by atoms with Gasteiger partial charge in [-0.15, -0.1) is 23.7 Å². The number of fused-ring (bicyclic) bond motifs is 1. The van der Waals surface area contributed by atoms with Crippen molar-refractivity contribution >= 4 is 45.4 Å². The zero-order valence-corrected chi connectivity index (χ0v) is 13.5. The second-order valence-corrected chi connectivity index (χ2v) is 6.04. The summed E-state index contributed by atoms with van der Waals surface area (Å²) in [6.45, 7) is 6.06. The minimum atomic E-state index is 0. The number of thiophene rings is 1. The Hall–Kier alpha value is -0.320. The SMILES string of the molecule is CC(C)N(CCO)Cc1csc2ccc(Cl)cc12.Cl. The van der Waals surface area contributed by atoms with Crippen LogP contribution < -0.4 is 0 Å². The second-order valence-electron chi connectivity index (χ2n) is 4.69. The average molecular weight is 320 g/mol. The van der Waals surface area contributed by atoms with E-state index in [4.69, 9.17) is 16.7 Å². The monoisotopic (exact) mass is 319 g/mol. The van der Waals surface area contributed by atoms with Crippen LogP contribution in [0.3, 0.4) is 0 Å². The maximum absolute atomic E-state index is 9.11. The number of hydrogen-bond acceptors (Lipinski definition) is 3. The van der Waals surface area contributed by atoms with Crippen molar-refractivity contribution in [1.82, 2.24) is 4.90 Å². The fourth-order valence-electron chi connectivity index (χ4n) is 2.04. The number of hydrogen-bond donors (Lipinski definition) is 1. The highest BCUT2D eigenvalue weighted by molar-refractivity contribution is 7.17. The van der Waals surface area contributed by atoms with Crippen LogP contribution in [-0.4, -0.2) is 29.2 Å². The third-order valence-corrected chi connectivity index (χ3v) is 4.35. The summed E-state index contributed by atoms with van der Waals surface area (Å²) < 4.78 is 1.27. The van der Waals surface area contributed by atoms with Crippen molar-refractivity contribution in [3.05, 3.63) is 34.2 Å². The van der Waals surface area contributed by atoms with Gasteiger partial charge in [0.05, 0.1) is 6.61 Å². The van der Waals surface area contributed by atoms with Crippen molar-refractivity contribution in [2.45, 2.75) is 26.4 Å². The van der Waals surface area contributed by atoms with Crippen LogP contribution in [0.25, 0.3) is 10.1 Å². The second kappa shape index (κ2) is 7.46. The van der Waals surface area contributed by atoms with Crippen LogP contribution in [0, 0.1) is 0 Å². The van der Waals surface area contributed by atoms with E-state index in [-0.39, 0.29) is 19.0 Å². The predicted octanol–water partition coefficient (Wildman–Crippen LogP) is 4.18. The molecule has 0 unspecified atom stereocenters. The maximum Gasteiger partial charge on any atom is 0.0558 e. The first-order valence-corrected chi connectivity index (χ1v) is 7.38. The van der Waals surface area contributed by atoms with Crippen molar-refractivity contribution in [2.24, 2.45) is 0 Å². The zero-order valence-electron chi connectivity index (χ0n) is 11.1. The quantitative estimate of drug-likeness (QED) is 0.893. The highest BCUT2D eigenvalue weighted by Gasteiger charge is 2.12. The van der Waals surface area contributed by atoms with Gasteiger partial charge in [0.25, 0.3) is 0 Å². The van der Waals surface area contributed by atoms with E-state index >= 15 is 0 Å². The van der Waals surface area contributed by atoms with Crippen LogP contribution >= 0.6 is 35.3 Å². The smallest absolute Gasteiger partial charge is 0.0558 e. The van der Waals surface area contributed by atoms with Gasteiger partial charge in [0.15, 0.2) is 0 Å². The van der Waals surface area contributed by atoms with Gasteiger partial charge in [-0.05, 0) is 48.4 Å². The Labute approximate surface area is 129 Å². The summed E-state index contributed by atoms with van der Waals surface area (Å²) in [7, 11) is 0. The molecule has 0 bridgehead atoms. The lowest BCUT2D eigenvalue weighted by molar-refractivity contribution is 0.160. The number of halogens is 2. The largest absolute Gasteiger partial charge is 0.395 e. The van der Waals surface area contributed by atoms with Crippen LogP contribution in [0.1, 0.15) is 19.4 Å². The Morgan fingerprint density at radius 3 is 2.74 bits per heavy atom. The van der Waals surface area contributed by atoms with Crippen molar-refractivity contribution < 1.29 is 5.11 Å². The summed E-state index contributed by atoms with van der Waals surface area (Å²) in [6, 6.07) is 6.45. The zero-order chi connectivity index (χ0) is 13.1.